The van der Waals surface area contributed by atoms with Gasteiger partial charge in [-0.2, -0.15) is 10.2 Å². The summed E-state index contributed by atoms with van der Waals surface area (Å²) in [6.45, 7) is 0. The molecule has 0 saturated heterocycles. The van der Waals surface area contributed by atoms with Gasteiger partial charge in [0.05, 0.1) is 22.4 Å². The Labute approximate surface area is 112 Å². The monoisotopic (exact) mass is 284 g/mol. The molecule has 0 aliphatic rings. The first kappa shape index (κ1) is 12.2. The van der Waals surface area contributed by atoms with E-state index in [1.165, 1.54) is 11.3 Å². The average Bonchev–Trinajstić information content (AvgIpc) is 2.70. The van der Waals surface area contributed by atoms with E-state index in [2.05, 4.69) is 4.98 Å². The van der Waals surface area contributed by atoms with Gasteiger partial charge >= 0.3 is 0 Å². The number of rotatable bonds is 3. The summed E-state index contributed by atoms with van der Waals surface area (Å²) < 4.78 is 5.50. The highest BCUT2D eigenvalue weighted by Gasteiger charge is 2.09. The summed E-state index contributed by atoms with van der Waals surface area (Å²) in [5.41, 5.74) is 0.580. The van der Waals surface area contributed by atoms with Crippen LogP contribution in [0.3, 0.4) is 0 Å². The Bertz CT molecular complexity index is 560. The van der Waals surface area contributed by atoms with Crippen molar-refractivity contribution in [2.45, 2.75) is 5.88 Å². The van der Waals surface area contributed by atoms with Crippen LogP contribution in [0.5, 0.6) is 10.9 Å². The van der Waals surface area contributed by atoms with Gasteiger partial charge in [0, 0.05) is 0 Å². The number of hydrogen-bond acceptors (Lipinski definition) is 4. The van der Waals surface area contributed by atoms with E-state index < -0.39 is 0 Å². The zero-order valence-corrected chi connectivity index (χ0v) is 10.8. The van der Waals surface area contributed by atoms with Crippen LogP contribution in [0.1, 0.15) is 10.4 Å². The Hall–Kier alpha value is -1.28. The van der Waals surface area contributed by atoms with Crippen molar-refractivity contribution in [1.82, 2.24) is 4.98 Å². The maximum atomic E-state index is 8.66. The summed E-state index contributed by atoms with van der Waals surface area (Å²) in [6.07, 6.45) is 0. The number of ether oxygens (including phenoxy) is 1. The molecule has 0 fully saturated rings. The van der Waals surface area contributed by atoms with Crippen LogP contribution in [0.15, 0.2) is 24.3 Å². The zero-order valence-electron chi connectivity index (χ0n) is 8.48. The Morgan fingerprint density at radius 2 is 2.06 bits per heavy atom. The van der Waals surface area contributed by atoms with Crippen molar-refractivity contribution < 1.29 is 4.74 Å². The lowest BCUT2D eigenvalue weighted by Crippen LogP contribution is -1.82. The van der Waals surface area contributed by atoms with E-state index >= 15 is 0 Å². The minimum absolute atomic E-state index is 0.313. The summed E-state index contributed by atoms with van der Waals surface area (Å²) in [5, 5.41) is 9.47. The fraction of sp³-hybridized carbons (Fsp3) is 0.0909. The van der Waals surface area contributed by atoms with E-state index in [1.54, 1.807) is 24.3 Å². The van der Waals surface area contributed by atoms with Crippen LogP contribution < -0.4 is 4.74 Å². The van der Waals surface area contributed by atoms with Crippen LogP contribution in [0.4, 0.5) is 0 Å². The van der Waals surface area contributed by atoms with Crippen molar-refractivity contribution in [2.75, 3.05) is 0 Å². The average molecular weight is 285 g/mol. The Morgan fingerprint density at radius 1 is 1.35 bits per heavy atom. The van der Waals surface area contributed by atoms with Gasteiger partial charge in [-0.15, -0.1) is 11.6 Å². The van der Waals surface area contributed by atoms with Gasteiger partial charge in [-0.25, -0.2) is 0 Å². The lowest BCUT2D eigenvalue weighted by molar-refractivity contribution is 0.479. The van der Waals surface area contributed by atoms with E-state index in [4.69, 9.17) is 33.2 Å². The molecule has 3 nitrogen and oxygen atoms in total. The van der Waals surface area contributed by atoms with Gasteiger partial charge in [0.25, 0.3) is 5.19 Å². The van der Waals surface area contributed by atoms with E-state index in [1.807, 2.05) is 6.07 Å². The molecule has 0 unspecified atom stereocenters. The predicted molar refractivity (Wildman–Crippen MR) is 67.9 cm³/mol. The smallest absolute Gasteiger partial charge is 0.280 e. The van der Waals surface area contributed by atoms with Gasteiger partial charge in [-0.3, -0.25) is 0 Å². The van der Waals surface area contributed by atoms with Crippen LogP contribution in [-0.2, 0) is 5.88 Å². The quantitative estimate of drug-likeness (QED) is 0.794. The van der Waals surface area contributed by atoms with Crippen LogP contribution in [0, 0.1) is 11.3 Å². The molecule has 0 aliphatic heterocycles. The van der Waals surface area contributed by atoms with Crippen LogP contribution >= 0.6 is 34.5 Å². The molecule has 0 bridgehead atoms. The number of thiazole rings is 1. The third kappa shape index (κ3) is 2.89. The van der Waals surface area contributed by atoms with Crippen LogP contribution in [0.2, 0.25) is 5.15 Å². The summed E-state index contributed by atoms with van der Waals surface area (Å²) in [7, 11) is 0. The van der Waals surface area contributed by atoms with Crippen LogP contribution in [0.25, 0.3) is 0 Å². The highest BCUT2D eigenvalue weighted by Crippen LogP contribution is 2.32. The molecule has 2 aromatic rings. The fourth-order valence-electron chi connectivity index (χ4n) is 1.14. The van der Waals surface area contributed by atoms with Gasteiger partial charge < -0.3 is 4.74 Å². The maximum Gasteiger partial charge on any atom is 0.280 e. The first-order valence-corrected chi connectivity index (χ1v) is 6.35. The summed E-state index contributed by atoms with van der Waals surface area (Å²) >= 11 is 12.8. The molecule has 0 spiro atoms. The standard InChI is InChI=1S/C11H6Cl2N2OS/c12-5-9-10(13)15-11(17-9)16-8-3-1-7(6-14)2-4-8/h1-4H,5H2. The Morgan fingerprint density at radius 3 is 2.59 bits per heavy atom. The lowest BCUT2D eigenvalue weighted by atomic mass is 10.2. The molecule has 2 rings (SSSR count). The molecule has 1 aromatic heterocycles. The number of benzene rings is 1. The minimum atomic E-state index is 0.313. The third-order valence-electron chi connectivity index (χ3n) is 1.94. The first-order valence-electron chi connectivity index (χ1n) is 4.62. The summed E-state index contributed by atoms with van der Waals surface area (Å²) in [5.74, 6) is 0.920. The molecule has 0 aliphatic carbocycles. The zero-order chi connectivity index (χ0) is 12.3. The van der Waals surface area contributed by atoms with Gasteiger partial charge in [0.2, 0.25) is 0 Å². The number of nitrogens with zero attached hydrogens (tertiary/aromatic N) is 2. The number of hydrogen-bond donors (Lipinski definition) is 0. The third-order valence-corrected chi connectivity index (χ3v) is 3.72. The van der Waals surface area contributed by atoms with Crippen molar-refractivity contribution in [2.24, 2.45) is 0 Å². The Balaban J connectivity index is 2.17. The summed E-state index contributed by atoms with van der Waals surface area (Å²) in [6, 6.07) is 8.79. The largest absolute Gasteiger partial charge is 0.431 e. The van der Waals surface area contributed by atoms with Crippen molar-refractivity contribution in [3.8, 4) is 17.0 Å². The first-order chi connectivity index (χ1) is 8.22. The lowest BCUT2D eigenvalue weighted by Gasteiger charge is -2.00. The number of alkyl halides is 1. The molecule has 0 amide bonds. The maximum absolute atomic E-state index is 8.66. The van der Waals surface area contributed by atoms with E-state index in [9.17, 15) is 0 Å². The normalized spacial score (nSPS) is 9.94. The van der Waals surface area contributed by atoms with Crippen molar-refractivity contribution in [1.29, 1.82) is 5.26 Å². The van der Waals surface area contributed by atoms with Gasteiger partial charge in [0.1, 0.15) is 10.9 Å². The molecule has 1 aromatic carbocycles. The second-order valence-electron chi connectivity index (χ2n) is 3.07. The van der Waals surface area contributed by atoms with Crippen molar-refractivity contribution >= 4 is 34.5 Å². The molecular weight excluding hydrogens is 279 g/mol. The molecule has 17 heavy (non-hydrogen) atoms. The second-order valence-corrected chi connectivity index (χ2v) is 4.74. The predicted octanol–water partition coefficient (Wildman–Crippen LogP) is 4.20. The molecule has 0 saturated carbocycles. The van der Waals surface area contributed by atoms with Crippen LogP contribution in [-0.4, -0.2) is 4.98 Å². The molecule has 0 atom stereocenters. The number of halogens is 2. The highest BCUT2D eigenvalue weighted by molar-refractivity contribution is 7.14. The topological polar surface area (TPSA) is 45.9 Å². The molecule has 86 valence electrons. The van der Waals surface area contributed by atoms with E-state index in [0.29, 0.717) is 27.5 Å². The molecular formula is C11H6Cl2N2OS. The minimum Gasteiger partial charge on any atom is -0.431 e. The second kappa shape index (κ2) is 5.37. The van der Waals surface area contributed by atoms with Crippen molar-refractivity contribution in [3.05, 3.63) is 39.9 Å². The molecule has 0 N–H and O–H groups in total. The molecule has 1 heterocycles. The SMILES string of the molecule is N#Cc1ccc(Oc2nc(Cl)c(CCl)s2)cc1. The molecule has 0 radical (unpaired) electrons. The fourth-order valence-corrected chi connectivity index (χ4v) is 2.48. The molecule has 6 heteroatoms. The van der Waals surface area contributed by atoms with E-state index in [-0.39, 0.29) is 0 Å². The highest BCUT2D eigenvalue weighted by atomic mass is 35.5. The van der Waals surface area contributed by atoms with Gasteiger partial charge in [0.15, 0.2) is 0 Å². The van der Waals surface area contributed by atoms with Gasteiger partial charge in [-0.1, -0.05) is 22.9 Å². The van der Waals surface area contributed by atoms with Crippen molar-refractivity contribution in [3.63, 3.8) is 0 Å². The Kier molecular flexibility index (Phi) is 3.85. The summed E-state index contributed by atoms with van der Waals surface area (Å²) in [4.78, 5) is 4.81. The van der Waals surface area contributed by atoms with E-state index in [0.717, 1.165) is 4.88 Å². The number of nitriles is 1. The number of aromatic nitrogens is 1. The van der Waals surface area contributed by atoms with Gasteiger partial charge in [-0.05, 0) is 24.3 Å².